The van der Waals surface area contributed by atoms with Crippen molar-refractivity contribution in [3.63, 3.8) is 0 Å². The molecule has 2 atom stereocenters. The highest BCUT2D eigenvalue weighted by atomic mass is 16.6. The van der Waals surface area contributed by atoms with Gasteiger partial charge in [-0.2, -0.15) is 0 Å². The molecule has 0 saturated carbocycles. The van der Waals surface area contributed by atoms with Crippen LogP contribution in [-0.2, 0) is 4.74 Å². The van der Waals surface area contributed by atoms with Crippen LogP contribution in [0.3, 0.4) is 0 Å². The highest BCUT2D eigenvalue weighted by Crippen LogP contribution is 2.29. The van der Waals surface area contributed by atoms with Crippen LogP contribution in [0.15, 0.2) is 12.7 Å². The SMILES string of the molecule is C=C[C@@]1(C)CC[C@@H](O)O1. The molecule has 1 aliphatic rings. The number of aliphatic hydroxyl groups excluding tert-OH is 1. The largest absolute Gasteiger partial charge is 0.368 e. The Balaban J connectivity index is 2.54. The van der Waals surface area contributed by atoms with Crippen LogP contribution in [0.5, 0.6) is 0 Å². The van der Waals surface area contributed by atoms with Gasteiger partial charge < -0.3 is 9.84 Å². The lowest BCUT2D eigenvalue weighted by molar-refractivity contribution is -0.112. The van der Waals surface area contributed by atoms with Gasteiger partial charge in [0.25, 0.3) is 0 Å². The van der Waals surface area contributed by atoms with Crippen molar-refractivity contribution in [2.75, 3.05) is 0 Å². The van der Waals surface area contributed by atoms with E-state index in [1.54, 1.807) is 6.08 Å². The minimum Gasteiger partial charge on any atom is -0.368 e. The summed E-state index contributed by atoms with van der Waals surface area (Å²) in [6, 6.07) is 0. The second-order valence-electron chi connectivity index (χ2n) is 2.63. The van der Waals surface area contributed by atoms with Crippen molar-refractivity contribution in [2.24, 2.45) is 0 Å². The first-order valence-electron chi connectivity index (χ1n) is 3.16. The molecule has 1 saturated heterocycles. The smallest absolute Gasteiger partial charge is 0.155 e. The Bertz CT molecular complexity index is 122. The summed E-state index contributed by atoms with van der Waals surface area (Å²) < 4.78 is 5.14. The molecule has 1 fully saturated rings. The highest BCUT2D eigenvalue weighted by Gasteiger charge is 2.31. The Morgan fingerprint density at radius 2 is 2.56 bits per heavy atom. The zero-order valence-corrected chi connectivity index (χ0v) is 5.63. The maximum absolute atomic E-state index is 8.93. The average molecular weight is 128 g/mol. The van der Waals surface area contributed by atoms with Gasteiger partial charge in [-0.05, 0) is 13.3 Å². The first-order valence-corrected chi connectivity index (χ1v) is 3.16. The Labute approximate surface area is 55.1 Å². The topological polar surface area (TPSA) is 29.5 Å². The Hall–Kier alpha value is -0.340. The molecule has 0 bridgehead atoms. The van der Waals surface area contributed by atoms with E-state index in [0.29, 0.717) is 0 Å². The Morgan fingerprint density at radius 1 is 1.89 bits per heavy atom. The van der Waals surface area contributed by atoms with E-state index >= 15 is 0 Å². The van der Waals surface area contributed by atoms with Gasteiger partial charge in [-0.15, -0.1) is 6.58 Å². The number of rotatable bonds is 1. The predicted molar refractivity (Wildman–Crippen MR) is 34.9 cm³/mol. The van der Waals surface area contributed by atoms with Gasteiger partial charge in [0.05, 0.1) is 5.60 Å². The van der Waals surface area contributed by atoms with Crippen LogP contribution in [0.4, 0.5) is 0 Å². The van der Waals surface area contributed by atoms with Gasteiger partial charge >= 0.3 is 0 Å². The minimum atomic E-state index is -0.576. The molecule has 0 amide bonds. The molecule has 0 aromatic rings. The fraction of sp³-hybridized carbons (Fsp3) is 0.714. The summed E-state index contributed by atoms with van der Waals surface area (Å²) in [7, 11) is 0. The molecule has 2 heteroatoms. The second-order valence-corrected chi connectivity index (χ2v) is 2.63. The molecule has 0 unspecified atom stereocenters. The third-order valence-electron chi connectivity index (χ3n) is 1.72. The van der Waals surface area contributed by atoms with Crippen molar-refractivity contribution in [2.45, 2.75) is 31.7 Å². The number of hydrogen-bond acceptors (Lipinski definition) is 2. The molecular formula is C7H12O2. The van der Waals surface area contributed by atoms with E-state index in [4.69, 9.17) is 9.84 Å². The summed E-state index contributed by atoms with van der Waals surface area (Å²) in [4.78, 5) is 0. The zero-order chi connectivity index (χ0) is 6.91. The molecule has 1 heterocycles. The summed E-state index contributed by atoms with van der Waals surface area (Å²) >= 11 is 0. The van der Waals surface area contributed by atoms with E-state index in [-0.39, 0.29) is 5.60 Å². The van der Waals surface area contributed by atoms with E-state index < -0.39 is 6.29 Å². The highest BCUT2D eigenvalue weighted by molar-refractivity contribution is 4.96. The first-order chi connectivity index (χ1) is 4.16. The van der Waals surface area contributed by atoms with Crippen LogP contribution in [-0.4, -0.2) is 17.0 Å². The number of aliphatic hydroxyl groups is 1. The monoisotopic (exact) mass is 128 g/mol. The average Bonchev–Trinajstić information content (AvgIpc) is 2.13. The van der Waals surface area contributed by atoms with Crippen LogP contribution in [0, 0.1) is 0 Å². The maximum Gasteiger partial charge on any atom is 0.155 e. The summed E-state index contributed by atoms with van der Waals surface area (Å²) in [5.74, 6) is 0. The van der Waals surface area contributed by atoms with Crippen molar-refractivity contribution in [3.8, 4) is 0 Å². The van der Waals surface area contributed by atoms with Gasteiger partial charge in [-0.25, -0.2) is 0 Å². The summed E-state index contributed by atoms with van der Waals surface area (Å²) in [5, 5.41) is 8.93. The van der Waals surface area contributed by atoms with Gasteiger partial charge in [-0.1, -0.05) is 6.08 Å². The molecule has 0 spiro atoms. The van der Waals surface area contributed by atoms with E-state index in [1.807, 2.05) is 6.92 Å². The van der Waals surface area contributed by atoms with Gasteiger partial charge in [0.15, 0.2) is 6.29 Å². The number of ether oxygens (including phenoxy) is 1. The molecule has 52 valence electrons. The Kier molecular flexibility index (Phi) is 1.60. The molecule has 9 heavy (non-hydrogen) atoms. The van der Waals surface area contributed by atoms with Crippen molar-refractivity contribution >= 4 is 0 Å². The van der Waals surface area contributed by atoms with E-state index in [0.717, 1.165) is 12.8 Å². The first kappa shape index (κ1) is 6.78. The van der Waals surface area contributed by atoms with Crippen LogP contribution in [0.1, 0.15) is 19.8 Å². The standard InChI is InChI=1S/C7H12O2/c1-3-7(2)5-4-6(8)9-7/h3,6,8H,1,4-5H2,2H3/t6-,7-/m0/s1. The predicted octanol–water partition coefficient (Wildman–Crippen LogP) is 1.06. The third-order valence-corrected chi connectivity index (χ3v) is 1.72. The lowest BCUT2D eigenvalue weighted by atomic mass is 10.0. The van der Waals surface area contributed by atoms with E-state index in [9.17, 15) is 0 Å². The zero-order valence-electron chi connectivity index (χ0n) is 5.63. The van der Waals surface area contributed by atoms with Gasteiger partial charge in [0.2, 0.25) is 0 Å². The van der Waals surface area contributed by atoms with E-state index in [2.05, 4.69) is 6.58 Å². The van der Waals surface area contributed by atoms with Gasteiger partial charge in [-0.3, -0.25) is 0 Å². The summed E-state index contributed by atoms with van der Waals surface area (Å²) in [6.45, 7) is 5.54. The molecule has 0 aliphatic carbocycles. The molecule has 1 aliphatic heterocycles. The lowest BCUT2D eigenvalue weighted by Gasteiger charge is -2.17. The second kappa shape index (κ2) is 2.12. The van der Waals surface area contributed by atoms with Crippen LogP contribution in [0.25, 0.3) is 0 Å². The van der Waals surface area contributed by atoms with Gasteiger partial charge in [0.1, 0.15) is 0 Å². The van der Waals surface area contributed by atoms with Crippen LogP contribution >= 0.6 is 0 Å². The molecule has 0 radical (unpaired) electrons. The third kappa shape index (κ3) is 1.32. The molecule has 0 aromatic carbocycles. The van der Waals surface area contributed by atoms with E-state index in [1.165, 1.54) is 0 Å². The number of hydrogen-bond donors (Lipinski definition) is 1. The van der Waals surface area contributed by atoms with Crippen molar-refractivity contribution < 1.29 is 9.84 Å². The Morgan fingerprint density at radius 3 is 2.78 bits per heavy atom. The molecule has 2 nitrogen and oxygen atoms in total. The van der Waals surface area contributed by atoms with Crippen LogP contribution in [0.2, 0.25) is 0 Å². The molecule has 0 aromatic heterocycles. The van der Waals surface area contributed by atoms with Crippen molar-refractivity contribution in [1.82, 2.24) is 0 Å². The fourth-order valence-corrected chi connectivity index (χ4v) is 0.989. The minimum absolute atomic E-state index is 0.278. The normalized spacial score (nSPS) is 43.1. The quantitative estimate of drug-likeness (QED) is 0.535. The van der Waals surface area contributed by atoms with Crippen molar-refractivity contribution in [1.29, 1.82) is 0 Å². The molecular weight excluding hydrogens is 116 g/mol. The van der Waals surface area contributed by atoms with Gasteiger partial charge in [0, 0.05) is 6.42 Å². The lowest BCUT2D eigenvalue weighted by Crippen LogP contribution is -2.21. The summed E-state index contributed by atoms with van der Waals surface area (Å²) in [5.41, 5.74) is -0.278. The molecule has 1 rings (SSSR count). The van der Waals surface area contributed by atoms with Crippen LogP contribution < -0.4 is 0 Å². The molecule has 1 N–H and O–H groups in total. The maximum atomic E-state index is 8.93. The summed E-state index contributed by atoms with van der Waals surface area (Å²) in [6.07, 6.45) is 2.76. The fourth-order valence-electron chi connectivity index (χ4n) is 0.989. The van der Waals surface area contributed by atoms with Crippen molar-refractivity contribution in [3.05, 3.63) is 12.7 Å².